The van der Waals surface area contributed by atoms with Crippen LogP contribution in [0.3, 0.4) is 0 Å². The van der Waals surface area contributed by atoms with E-state index in [1.54, 1.807) is 20.8 Å². The molecule has 214 valence electrons. The second-order valence-electron chi connectivity index (χ2n) is 11.5. The fraction of sp³-hybridized carbons (Fsp3) is 0.516. The minimum atomic E-state index is -1.04. The first kappa shape index (κ1) is 31.8. The standard InChI is InChI=1S/C31H45N3O5/c1-19(2)18-24(32-30(38)39-31(7,8)9)29(37)34(16-17-35)27(25-20(3)12-10-13-21(25)4)28(36)33-26-22(5)14-11-15-23(26)6/h10-15,19,24,27,35H,16-18H2,1-9H3,(H,32,38)(H,33,36). The lowest BCUT2D eigenvalue weighted by atomic mass is 9.92. The number of ether oxygens (including phenoxy) is 1. The fourth-order valence-corrected chi connectivity index (χ4v) is 4.71. The van der Waals surface area contributed by atoms with E-state index < -0.39 is 35.6 Å². The Morgan fingerprint density at radius 2 is 1.44 bits per heavy atom. The molecule has 2 aromatic rings. The Labute approximate surface area is 233 Å². The molecule has 0 aliphatic heterocycles. The van der Waals surface area contributed by atoms with Gasteiger partial charge in [0.05, 0.1) is 6.61 Å². The molecule has 3 N–H and O–H groups in total. The van der Waals surface area contributed by atoms with Crippen molar-refractivity contribution < 1.29 is 24.2 Å². The number of aliphatic hydroxyl groups is 1. The molecule has 0 heterocycles. The Bertz CT molecular complexity index is 1130. The lowest BCUT2D eigenvalue weighted by molar-refractivity contribution is -0.141. The number of carbonyl (C=O) groups excluding carboxylic acids is 3. The van der Waals surface area contributed by atoms with Crippen LogP contribution in [0.4, 0.5) is 10.5 Å². The summed E-state index contributed by atoms with van der Waals surface area (Å²) in [5.74, 6) is -0.799. The van der Waals surface area contributed by atoms with Crippen LogP contribution < -0.4 is 10.6 Å². The quantitative estimate of drug-likeness (QED) is 0.377. The van der Waals surface area contributed by atoms with Crippen molar-refractivity contribution in [2.75, 3.05) is 18.5 Å². The molecule has 0 saturated carbocycles. The number of anilines is 1. The molecule has 0 fully saturated rings. The maximum absolute atomic E-state index is 14.2. The van der Waals surface area contributed by atoms with Gasteiger partial charge in [0.25, 0.3) is 5.91 Å². The van der Waals surface area contributed by atoms with Crippen LogP contribution in [0.2, 0.25) is 0 Å². The topological polar surface area (TPSA) is 108 Å². The number of hydrogen-bond acceptors (Lipinski definition) is 5. The van der Waals surface area contributed by atoms with Crippen LogP contribution >= 0.6 is 0 Å². The highest BCUT2D eigenvalue weighted by atomic mass is 16.6. The van der Waals surface area contributed by atoms with Gasteiger partial charge in [0.2, 0.25) is 5.91 Å². The molecule has 8 heteroatoms. The molecule has 3 amide bonds. The number of nitrogens with one attached hydrogen (secondary N) is 2. The molecular formula is C31H45N3O5. The average molecular weight is 540 g/mol. The first-order chi connectivity index (χ1) is 18.2. The number of nitrogens with zero attached hydrogens (tertiary/aromatic N) is 1. The molecular weight excluding hydrogens is 494 g/mol. The lowest BCUT2D eigenvalue weighted by Crippen LogP contribution is -2.53. The predicted octanol–water partition coefficient (Wildman–Crippen LogP) is 5.36. The van der Waals surface area contributed by atoms with Gasteiger partial charge in [0, 0.05) is 12.2 Å². The van der Waals surface area contributed by atoms with Gasteiger partial charge in [-0.1, -0.05) is 50.2 Å². The van der Waals surface area contributed by atoms with E-state index in [4.69, 9.17) is 4.74 Å². The molecule has 0 aromatic heterocycles. The van der Waals surface area contributed by atoms with E-state index in [-0.39, 0.29) is 19.1 Å². The van der Waals surface area contributed by atoms with Crippen LogP contribution in [-0.2, 0) is 14.3 Å². The van der Waals surface area contributed by atoms with Gasteiger partial charge in [0.1, 0.15) is 17.7 Å². The van der Waals surface area contributed by atoms with Crippen LogP contribution in [0.5, 0.6) is 0 Å². The summed E-state index contributed by atoms with van der Waals surface area (Å²) in [6.07, 6.45) is -0.382. The zero-order valence-electron chi connectivity index (χ0n) is 24.8. The van der Waals surface area contributed by atoms with Gasteiger partial charge in [-0.25, -0.2) is 4.79 Å². The van der Waals surface area contributed by atoms with E-state index in [0.717, 1.165) is 22.3 Å². The third-order valence-electron chi connectivity index (χ3n) is 6.43. The minimum Gasteiger partial charge on any atom is -0.444 e. The normalized spacial score (nSPS) is 13.0. The largest absolute Gasteiger partial charge is 0.444 e. The summed E-state index contributed by atoms with van der Waals surface area (Å²) in [6.45, 7) is 16.3. The van der Waals surface area contributed by atoms with E-state index in [0.29, 0.717) is 17.7 Å². The van der Waals surface area contributed by atoms with E-state index in [2.05, 4.69) is 10.6 Å². The third-order valence-corrected chi connectivity index (χ3v) is 6.43. The molecule has 0 saturated heterocycles. The Kier molecular flexibility index (Phi) is 11.1. The van der Waals surface area contributed by atoms with Crippen LogP contribution in [-0.4, -0.2) is 52.7 Å². The summed E-state index contributed by atoms with van der Waals surface area (Å²) >= 11 is 0. The van der Waals surface area contributed by atoms with Crippen molar-refractivity contribution in [3.8, 4) is 0 Å². The van der Waals surface area contributed by atoms with Crippen LogP contribution in [0, 0.1) is 33.6 Å². The molecule has 0 aliphatic rings. The van der Waals surface area contributed by atoms with Gasteiger partial charge in [-0.3, -0.25) is 9.59 Å². The van der Waals surface area contributed by atoms with Crippen LogP contribution in [0.25, 0.3) is 0 Å². The molecule has 0 radical (unpaired) electrons. The number of aliphatic hydroxyl groups excluding tert-OH is 1. The van der Waals surface area contributed by atoms with Gasteiger partial charge < -0.3 is 25.4 Å². The van der Waals surface area contributed by atoms with Crippen molar-refractivity contribution in [1.82, 2.24) is 10.2 Å². The van der Waals surface area contributed by atoms with E-state index >= 15 is 0 Å². The fourth-order valence-electron chi connectivity index (χ4n) is 4.71. The maximum atomic E-state index is 14.2. The SMILES string of the molecule is Cc1cccc(C)c1NC(=O)C(c1c(C)cccc1C)N(CCO)C(=O)C(CC(C)C)NC(=O)OC(C)(C)C. The molecule has 39 heavy (non-hydrogen) atoms. The van der Waals surface area contributed by atoms with Crippen molar-refractivity contribution in [1.29, 1.82) is 0 Å². The summed E-state index contributed by atoms with van der Waals surface area (Å²) in [7, 11) is 0. The molecule has 2 aromatic carbocycles. The van der Waals surface area contributed by atoms with E-state index in [1.807, 2.05) is 77.9 Å². The number of amides is 3. The monoisotopic (exact) mass is 539 g/mol. The van der Waals surface area contributed by atoms with Gasteiger partial charge >= 0.3 is 6.09 Å². The summed E-state index contributed by atoms with van der Waals surface area (Å²) in [5, 5.41) is 15.8. The maximum Gasteiger partial charge on any atom is 0.408 e. The molecule has 2 rings (SSSR count). The number of para-hydroxylation sites is 1. The third kappa shape index (κ3) is 8.82. The van der Waals surface area contributed by atoms with Crippen molar-refractivity contribution in [3.63, 3.8) is 0 Å². The molecule has 2 atom stereocenters. The highest BCUT2D eigenvalue weighted by molar-refractivity contribution is 6.00. The number of aryl methyl sites for hydroxylation is 4. The minimum absolute atomic E-state index is 0.0620. The Morgan fingerprint density at radius 3 is 1.90 bits per heavy atom. The summed E-state index contributed by atoms with van der Waals surface area (Å²) in [4.78, 5) is 42.3. The van der Waals surface area contributed by atoms with Gasteiger partial charge in [-0.05, 0) is 88.6 Å². The number of hydrogen-bond donors (Lipinski definition) is 3. The number of benzene rings is 2. The zero-order chi connectivity index (χ0) is 29.5. The van der Waals surface area contributed by atoms with Crippen molar-refractivity contribution >= 4 is 23.6 Å². The second kappa shape index (κ2) is 13.6. The number of rotatable bonds is 10. The highest BCUT2D eigenvalue weighted by Crippen LogP contribution is 2.31. The number of alkyl carbamates (subject to hydrolysis) is 1. The smallest absolute Gasteiger partial charge is 0.408 e. The Hall–Kier alpha value is -3.39. The zero-order valence-corrected chi connectivity index (χ0v) is 24.8. The molecule has 8 nitrogen and oxygen atoms in total. The molecule has 0 spiro atoms. The molecule has 0 bridgehead atoms. The summed E-state index contributed by atoms with van der Waals surface area (Å²) in [5.41, 5.74) is 4.10. The molecule has 0 aliphatic carbocycles. The van der Waals surface area contributed by atoms with Crippen molar-refractivity contribution in [2.45, 2.75) is 86.4 Å². The summed E-state index contributed by atoms with van der Waals surface area (Å²) in [6, 6.07) is 9.45. The second-order valence-corrected chi connectivity index (χ2v) is 11.5. The van der Waals surface area contributed by atoms with Crippen LogP contribution in [0.1, 0.15) is 74.9 Å². The van der Waals surface area contributed by atoms with E-state index in [9.17, 15) is 19.5 Å². The predicted molar refractivity (Wildman–Crippen MR) is 155 cm³/mol. The van der Waals surface area contributed by atoms with Gasteiger partial charge in [-0.15, -0.1) is 0 Å². The lowest BCUT2D eigenvalue weighted by Gasteiger charge is -2.36. The first-order valence-corrected chi connectivity index (χ1v) is 13.5. The highest BCUT2D eigenvalue weighted by Gasteiger charge is 2.38. The summed E-state index contributed by atoms with van der Waals surface area (Å²) < 4.78 is 5.43. The average Bonchev–Trinajstić information content (AvgIpc) is 2.80. The van der Waals surface area contributed by atoms with Gasteiger partial charge in [0.15, 0.2) is 0 Å². The van der Waals surface area contributed by atoms with E-state index in [1.165, 1.54) is 4.90 Å². The van der Waals surface area contributed by atoms with Crippen molar-refractivity contribution in [2.24, 2.45) is 5.92 Å². The Morgan fingerprint density at radius 1 is 0.923 bits per heavy atom. The van der Waals surface area contributed by atoms with Gasteiger partial charge in [-0.2, -0.15) is 0 Å². The first-order valence-electron chi connectivity index (χ1n) is 13.5. The molecule has 2 unspecified atom stereocenters. The Balaban J connectivity index is 2.61. The van der Waals surface area contributed by atoms with Crippen molar-refractivity contribution in [3.05, 3.63) is 64.2 Å². The number of carbonyl (C=O) groups is 3. The van der Waals surface area contributed by atoms with Crippen LogP contribution in [0.15, 0.2) is 36.4 Å².